The molecule has 0 spiro atoms. The highest BCUT2D eigenvalue weighted by atomic mass is 16.5. The molecule has 18 heavy (non-hydrogen) atoms. The van der Waals surface area contributed by atoms with Crippen molar-refractivity contribution >= 4 is 12.0 Å². The Balaban J connectivity index is 2.44. The van der Waals surface area contributed by atoms with Gasteiger partial charge in [-0.15, -0.1) is 0 Å². The molecule has 0 bridgehead atoms. The summed E-state index contributed by atoms with van der Waals surface area (Å²) in [6, 6.07) is -0.576. The standard InChI is InChI=1S/C12H22N2O4/c1-8-4-5-14(7-10(8)18-3)12(17)13-9(2)6-11(15)16/h8-10H,4-7H2,1-3H3,(H,13,17)(H,15,16). The van der Waals surface area contributed by atoms with Gasteiger partial charge in [0.1, 0.15) is 0 Å². The normalized spacial score (nSPS) is 25.6. The van der Waals surface area contributed by atoms with Gasteiger partial charge in [-0.3, -0.25) is 4.79 Å². The van der Waals surface area contributed by atoms with Gasteiger partial charge >= 0.3 is 12.0 Å². The predicted octanol–water partition coefficient (Wildman–Crippen LogP) is 0.916. The summed E-state index contributed by atoms with van der Waals surface area (Å²) in [5.74, 6) is -0.472. The lowest BCUT2D eigenvalue weighted by molar-refractivity contribution is -0.137. The molecule has 0 aromatic carbocycles. The first kappa shape index (κ1) is 14.8. The summed E-state index contributed by atoms with van der Waals surface area (Å²) in [6.45, 7) is 5.04. The Labute approximate surface area is 107 Å². The average molecular weight is 258 g/mol. The van der Waals surface area contributed by atoms with E-state index in [1.165, 1.54) is 0 Å². The first-order chi connectivity index (χ1) is 8.43. The predicted molar refractivity (Wildman–Crippen MR) is 66.4 cm³/mol. The lowest BCUT2D eigenvalue weighted by atomic mass is 9.96. The van der Waals surface area contributed by atoms with Crippen molar-refractivity contribution < 1.29 is 19.4 Å². The van der Waals surface area contributed by atoms with Crippen LogP contribution in [0.25, 0.3) is 0 Å². The molecule has 2 N–H and O–H groups in total. The number of rotatable bonds is 4. The molecule has 0 aromatic rings. The molecule has 6 nitrogen and oxygen atoms in total. The SMILES string of the molecule is COC1CN(C(=O)NC(C)CC(=O)O)CCC1C. The van der Waals surface area contributed by atoms with E-state index in [2.05, 4.69) is 12.2 Å². The van der Waals surface area contributed by atoms with Crippen LogP contribution in [0.3, 0.4) is 0 Å². The molecule has 0 aliphatic carbocycles. The maximum Gasteiger partial charge on any atom is 0.317 e. The van der Waals surface area contributed by atoms with Crippen LogP contribution in [0.4, 0.5) is 4.79 Å². The molecule has 1 fully saturated rings. The lowest BCUT2D eigenvalue weighted by Gasteiger charge is -2.36. The van der Waals surface area contributed by atoms with Crippen molar-refractivity contribution in [2.24, 2.45) is 5.92 Å². The minimum atomic E-state index is -0.912. The number of hydrogen-bond donors (Lipinski definition) is 2. The molecule has 1 saturated heterocycles. The van der Waals surface area contributed by atoms with Crippen LogP contribution in [0.2, 0.25) is 0 Å². The highest BCUT2D eigenvalue weighted by molar-refractivity contribution is 5.76. The Bertz CT molecular complexity index is 308. The van der Waals surface area contributed by atoms with E-state index in [0.29, 0.717) is 19.0 Å². The Morgan fingerprint density at radius 3 is 2.78 bits per heavy atom. The van der Waals surface area contributed by atoms with Gasteiger partial charge in [0.05, 0.1) is 12.5 Å². The number of carboxylic acid groups (broad SMARTS) is 1. The van der Waals surface area contributed by atoms with E-state index in [9.17, 15) is 9.59 Å². The summed E-state index contributed by atoms with van der Waals surface area (Å²) in [5, 5.41) is 11.3. The van der Waals surface area contributed by atoms with Gasteiger partial charge in [0, 0.05) is 26.2 Å². The monoisotopic (exact) mass is 258 g/mol. The van der Waals surface area contributed by atoms with E-state index in [0.717, 1.165) is 6.42 Å². The molecule has 6 heteroatoms. The fraction of sp³-hybridized carbons (Fsp3) is 0.833. The molecule has 2 amide bonds. The molecule has 3 atom stereocenters. The molecular weight excluding hydrogens is 236 g/mol. The van der Waals surface area contributed by atoms with Gasteiger partial charge in [0.15, 0.2) is 0 Å². The molecule has 1 heterocycles. The number of urea groups is 1. The van der Waals surface area contributed by atoms with Gasteiger partial charge < -0.3 is 20.1 Å². The molecule has 3 unspecified atom stereocenters. The maximum absolute atomic E-state index is 11.9. The van der Waals surface area contributed by atoms with Crippen molar-refractivity contribution in [2.45, 2.75) is 38.8 Å². The zero-order valence-corrected chi connectivity index (χ0v) is 11.2. The summed E-state index contributed by atoms with van der Waals surface area (Å²) in [7, 11) is 1.65. The van der Waals surface area contributed by atoms with Gasteiger partial charge in [-0.25, -0.2) is 4.79 Å². The molecule has 0 radical (unpaired) electrons. The summed E-state index contributed by atoms with van der Waals surface area (Å²) in [5.41, 5.74) is 0. The third kappa shape index (κ3) is 4.18. The number of carboxylic acids is 1. The summed E-state index contributed by atoms with van der Waals surface area (Å²) >= 11 is 0. The van der Waals surface area contributed by atoms with E-state index >= 15 is 0 Å². The number of carbonyl (C=O) groups excluding carboxylic acids is 1. The highest BCUT2D eigenvalue weighted by Crippen LogP contribution is 2.19. The van der Waals surface area contributed by atoms with Crippen LogP contribution in [0, 0.1) is 5.92 Å². The van der Waals surface area contributed by atoms with Gasteiger partial charge in [0.2, 0.25) is 0 Å². The van der Waals surface area contributed by atoms with E-state index in [1.807, 2.05) is 0 Å². The van der Waals surface area contributed by atoms with Crippen molar-refractivity contribution in [1.82, 2.24) is 10.2 Å². The number of likely N-dealkylation sites (tertiary alicyclic amines) is 1. The average Bonchev–Trinajstić information content (AvgIpc) is 2.28. The number of piperidine rings is 1. The molecule has 1 aliphatic rings. The van der Waals surface area contributed by atoms with Crippen molar-refractivity contribution in [1.29, 1.82) is 0 Å². The number of carbonyl (C=O) groups is 2. The molecule has 104 valence electrons. The van der Waals surface area contributed by atoms with Gasteiger partial charge in [-0.2, -0.15) is 0 Å². The van der Waals surface area contributed by atoms with Crippen LogP contribution in [0.5, 0.6) is 0 Å². The van der Waals surface area contributed by atoms with Crippen LogP contribution in [-0.4, -0.2) is 54.4 Å². The number of aliphatic carboxylic acids is 1. The Morgan fingerprint density at radius 2 is 2.22 bits per heavy atom. The first-order valence-corrected chi connectivity index (χ1v) is 6.24. The van der Waals surface area contributed by atoms with Gasteiger partial charge in [0.25, 0.3) is 0 Å². The molecule has 1 aliphatic heterocycles. The molecule has 0 saturated carbocycles. The van der Waals surface area contributed by atoms with E-state index in [4.69, 9.17) is 9.84 Å². The highest BCUT2D eigenvalue weighted by Gasteiger charge is 2.29. The second-order valence-electron chi connectivity index (χ2n) is 4.93. The quantitative estimate of drug-likeness (QED) is 0.785. The number of amides is 2. The third-order valence-corrected chi connectivity index (χ3v) is 3.33. The Hall–Kier alpha value is -1.30. The fourth-order valence-electron chi connectivity index (χ4n) is 2.14. The van der Waals surface area contributed by atoms with Crippen molar-refractivity contribution in [3.05, 3.63) is 0 Å². The smallest absolute Gasteiger partial charge is 0.317 e. The summed E-state index contributed by atoms with van der Waals surface area (Å²) < 4.78 is 5.34. The number of nitrogens with zero attached hydrogens (tertiary/aromatic N) is 1. The van der Waals surface area contributed by atoms with E-state index < -0.39 is 5.97 Å². The summed E-state index contributed by atoms with van der Waals surface area (Å²) in [4.78, 5) is 24.1. The van der Waals surface area contributed by atoms with Crippen LogP contribution in [0.15, 0.2) is 0 Å². The Kier molecular flexibility index (Phi) is 5.40. The second-order valence-corrected chi connectivity index (χ2v) is 4.93. The molecule has 0 aromatic heterocycles. The fourth-order valence-corrected chi connectivity index (χ4v) is 2.14. The van der Waals surface area contributed by atoms with Crippen molar-refractivity contribution in [3.8, 4) is 0 Å². The Morgan fingerprint density at radius 1 is 1.56 bits per heavy atom. The number of methoxy groups -OCH3 is 1. The minimum absolute atomic E-state index is 0.0549. The molecular formula is C12H22N2O4. The first-order valence-electron chi connectivity index (χ1n) is 6.24. The van der Waals surface area contributed by atoms with Crippen LogP contribution in [-0.2, 0) is 9.53 Å². The van der Waals surface area contributed by atoms with E-state index in [-0.39, 0.29) is 24.6 Å². The molecule has 1 rings (SSSR count). The number of hydrogen-bond acceptors (Lipinski definition) is 3. The number of ether oxygens (including phenoxy) is 1. The van der Waals surface area contributed by atoms with Crippen LogP contribution >= 0.6 is 0 Å². The van der Waals surface area contributed by atoms with Crippen LogP contribution < -0.4 is 5.32 Å². The van der Waals surface area contributed by atoms with E-state index in [1.54, 1.807) is 18.9 Å². The lowest BCUT2D eigenvalue weighted by Crippen LogP contribution is -2.52. The van der Waals surface area contributed by atoms with Crippen LogP contribution in [0.1, 0.15) is 26.7 Å². The largest absolute Gasteiger partial charge is 0.481 e. The maximum atomic E-state index is 11.9. The van der Waals surface area contributed by atoms with Gasteiger partial charge in [-0.05, 0) is 19.3 Å². The van der Waals surface area contributed by atoms with Crippen molar-refractivity contribution in [3.63, 3.8) is 0 Å². The third-order valence-electron chi connectivity index (χ3n) is 3.33. The topological polar surface area (TPSA) is 78.9 Å². The zero-order chi connectivity index (χ0) is 13.7. The van der Waals surface area contributed by atoms with Crippen molar-refractivity contribution in [2.75, 3.05) is 20.2 Å². The minimum Gasteiger partial charge on any atom is -0.481 e. The van der Waals surface area contributed by atoms with Gasteiger partial charge in [-0.1, -0.05) is 6.92 Å². The zero-order valence-electron chi connectivity index (χ0n) is 11.2. The summed E-state index contributed by atoms with van der Waals surface area (Å²) in [6.07, 6.45) is 0.891. The second kappa shape index (κ2) is 6.58. The number of nitrogens with one attached hydrogen (secondary N) is 1.